The van der Waals surface area contributed by atoms with Gasteiger partial charge >= 0.3 is 0 Å². The van der Waals surface area contributed by atoms with Crippen molar-refractivity contribution in [1.82, 2.24) is 20.0 Å². The van der Waals surface area contributed by atoms with Crippen LogP contribution in [0.4, 0.5) is 0 Å². The molecule has 0 unspecified atom stereocenters. The van der Waals surface area contributed by atoms with Gasteiger partial charge in [0.05, 0.1) is 5.69 Å². The van der Waals surface area contributed by atoms with Crippen molar-refractivity contribution in [3.8, 4) is 0 Å². The average molecular weight is 290 g/mol. The molecule has 4 nitrogen and oxygen atoms in total. The van der Waals surface area contributed by atoms with Crippen molar-refractivity contribution in [2.24, 2.45) is 7.05 Å². The van der Waals surface area contributed by atoms with Gasteiger partial charge in [0.15, 0.2) is 0 Å². The van der Waals surface area contributed by atoms with Crippen LogP contribution in [0.3, 0.4) is 0 Å². The Kier molecular flexibility index (Phi) is 10.4. The minimum atomic E-state index is 0. The zero-order chi connectivity index (χ0) is 9.10. The first-order valence-corrected chi connectivity index (χ1v) is 4.76. The van der Waals surface area contributed by atoms with Crippen LogP contribution in [0, 0.1) is 0 Å². The minimum absolute atomic E-state index is 0. The van der Waals surface area contributed by atoms with Gasteiger partial charge in [-0.05, 0) is 6.07 Å². The second kappa shape index (κ2) is 9.07. The third kappa shape index (κ3) is 4.89. The highest BCUT2D eigenvalue weighted by molar-refractivity contribution is 5.86. The van der Waals surface area contributed by atoms with Crippen LogP contribution < -0.4 is 5.32 Å². The molecule has 16 heavy (non-hydrogen) atoms. The van der Waals surface area contributed by atoms with Crippen LogP contribution in [0.15, 0.2) is 12.3 Å². The smallest absolute Gasteiger partial charge is 0.0521 e. The fourth-order valence-corrected chi connectivity index (χ4v) is 1.65. The summed E-state index contributed by atoms with van der Waals surface area (Å²) < 4.78 is 1.95. The van der Waals surface area contributed by atoms with Gasteiger partial charge < -0.3 is 5.32 Å². The van der Waals surface area contributed by atoms with Crippen molar-refractivity contribution >= 4 is 37.2 Å². The molecular weight excluding hydrogens is 270 g/mol. The lowest BCUT2D eigenvalue weighted by Gasteiger charge is -2.26. The Hall–Kier alpha value is -0.0000000000000000971. The van der Waals surface area contributed by atoms with E-state index in [4.69, 9.17) is 0 Å². The van der Waals surface area contributed by atoms with Crippen LogP contribution in [0.1, 0.15) is 5.69 Å². The first kappa shape index (κ1) is 18.4. The highest BCUT2D eigenvalue weighted by Crippen LogP contribution is 2.03. The molecule has 2 rings (SSSR count). The fraction of sp³-hybridized carbons (Fsp3) is 0.667. The predicted octanol–water partition coefficient (Wildman–Crippen LogP) is 1.09. The lowest BCUT2D eigenvalue weighted by molar-refractivity contribution is 0.228. The molecule has 1 fully saturated rings. The molecule has 1 aliphatic rings. The molecule has 1 saturated heterocycles. The van der Waals surface area contributed by atoms with E-state index in [1.54, 1.807) is 0 Å². The second-order valence-corrected chi connectivity index (χ2v) is 3.47. The van der Waals surface area contributed by atoms with Crippen molar-refractivity contribution in [2.75, 3.05) is 26.2 Å². The minimum Gasteiger partial charge on any atom is -0.314 e. The number of hydrogen-bond acceptors (Lipinski definition) is 3. The summed E-state index contributed by atoms with van der Waals surface area (Å²) in [5, 5.41) is 7.50. The van der Waals surface area contributed by atoms with Gasteiger partial charge in [-0.2, -0.15) is 5.10 Å². The zero-order valence-electron chi connectivity index (χ0n) is 9.26. The van der Waals surface area contributed by atoms with E-state index < -0.39 is 0 Å². The van der Waals surface area contributed by atoms with Crippen molar-refractivity contribution in [2.45, 2.75) is 6.54 Å². The van der Waals surface area contributed by atoms with Crippen LogP contribution in [-0.2, 0) is 13.6 Å². The van der Waals surface area contributed by atoms with Gasteiger partial charge in [-0.1, -0.05) is 0 Å². The molecule has 0 atom stereocenters. The standard InChI is InChI=1S/C9H16N4.3ClH/c1-12-9(2-3-11-12)8-13-6-4-10-5-7-13;;;/h2-3,10H,4-8H2,1H3;3*1H. The molecule has 0 radical (unpaired) electrons. The second-order valence-electron chi connectivity index (χ2n) is 3.47. The summed E-state index contributed by atoms with van der Waals surface area (Å²) >= 11 is 0. The maximum absolute atomic E-state index is 4.16. The van der Waals surface area contributed by atoms with Crippen LogP contribution in [-0.4, -0.2) is 40.9 Å². The number of hydrogen-bond donors (Lipinski definition) is 1. The number of piperazine rings is 1. The van der Waals surface area contributed by atoms with E-state index >= 15 is 0 Å². The van der Waals surface area contributed by atoms with E-state index in [2.05, 4.69) is 21.4 Å². The molecule has 96 valence electrons. The first-order chi connectivity index (χ1) is 6.36. The van der Waals surface area contributed by atoms with Crippen molar-refractivity contribution < 1.29 is 0 Å². The topological polar surface area (TPSA) is 33.1 Å². The van der Waals surface area contributed by atoms with Crippen molar-refractivity contribution in [1.29, 1.82) is 0 Å². The summed E-state index contributed by atoms with van der Waals surface area (Å²) in [4.78, 5) is 2.45. The van der Waals surface area contributed by atoms with E-state index in [1.165, 1.54) is 5.69 Å². The number of rotatable bonds is 2. The fourth-order valence-electron chi connectivity index (χ4n) is 1.65. The van der Waals surface area contributed by atoms with Crippen LogP contribution in [0.2, 0.25) is 0 Å². The average Bonchev–Trinajstić information content (AvgIpc) is 2.54. The van der Waals surface area contributed by atoms with Gasteiger partial charge in [0, 0.05) is 46.0 Å². The lowest BCUT2D eigenvalue weighted by atomic mass is 10.3. The van der Waals surface area contributed by atoms with Crippen molar-refractivity contribution in [3.63, 3.8) is 0 Å². The lowest BCUT2D eigenvalue weighted by Crippen LogP contribution is -2.43. The molecule has 0 spiro atoms. The molecular formula is C9H19Cl3N4. The molecule has 0 bridgehead atoms. The van der Waals surface area contributed by atoms with Gasteiger partial charge in [-0.15, -0.1) is 37.2 Å². The van der Waals surface area contributed by atoms with Crippen LogP contribution in [0.5, 0.6) is 0 Å². The molecule has 0 aliphatic carbocycles. The summed E-state index contributed by atoms with van der Waals surface area (Å²) in [6.45, 7) is 5.53. The zero-order valence-corrected chi connectivity index (χ0v) is 11.7. The van der Waals surface area contributed by atoms with Gasteiger partial charge in [-0.25, -0.2) is 0 Å². The largest absolute Gasteiger partial charge is 0.314 e. The number of halogens is 3. The highest BCUT2D eigenvalue weighted by atomic mass is 35.5. The summed E-state index contributed by atoms with van der Waals surface area (Å²) in [6.07, 6.45) is 1.86. The number of nitrogens with one attached hydrogen (secondary N) is 1. The Labute approximate surface area is 115 Å². The highest BCUT2D eigenvalue weighted by Gasteiger charge is 2.10. The monoisotopic (exact) mass is 288 g/mol. The maximum Gasteiger partial charge on any atom is 0.0521 e. The van der Waals surface area contributed by atoms with Gasteiger partial charge in [-0.3, -0.25) is 9.58 Å². The Morgan fingerprint density at radius 3 is 2.38 bits per heavy atom. The quantitative estimate of drug-likeness (QED) is 0.885. The van der Waals surface area contributed by atoms with E-state index in [1.807, 2.05) is 17.9 Å². The summed E-state index contributed by atoms with van der Waals surface area (Å²) in [5.74, 6) is 0. The maximum atomic E-state index is 4.16. The summed E-state index contributed by atoms with van der Waals surface area (Å²) in [5.41, 5.74) is 1.29. The van der Waals surface area contributed by atoms with E-state index in [0.717, 1.165) is 32.7 Å². The molecule has 0 aromatic carbocycles. The SMILES string of the molecule is Cl.Cl.Cl.Cn1nccc1CN1CCNCC1. The van der Waals surface area contributed by atoms with Gasteiger partial charge in [0.1, 0.15) is 0 Å². The molecule has 1 aromatic heterocycles. The molecule has 1 aromatic rings. The molecule has 0 amide bonds. The van der Waals surface area contributed by atoms with E-state index in [9.17, 15) is 0 Å². The summed E-state index contributed by atoms with van der Waals surface area (Å²) in [7, 11) is 2.00. The Balaban J connectivity index is 0. The predicted molar refractivity (Wildman–Crippen MR) is 73.1 cm³/mol. The normalized spacial score (nSPS) is 15.6. The summed E-state index contributed by atoms with van der Waals surface area (Å²) in [6, 6.07) is 2.09. The van der Waals surface area contributed by atoms with E-state index in [0.29, 0.717) is 0 Å². The molecule has 2 heterocycles. The Morgan fingerprint density at radius 1 is 1.25 bits per heavy atom. The van der Waals surface area contributed by atoms with Gasteiger partial charge in [0.2, 0.25) is 0 Å². The number of aromatic nitrogens is 2. The molecule has 1 aliphatic heterocycles. The van der Waals surface area contributed by atoms with E-state index in [-0.39, 0.29) is 37.2 Å². The van der Waals surface area contributed by atoms with Crippen LogP contribution in [0.25, 0.3) is 0 Å². The van der Waals surface area contributed by atoms with Crippen LogP contribution >= 0.6 is 37.2 Å². The third-order valence-corrected chi connectivity index (χ3v) is 2.52. The Morgan fingerprint density at radius 2 is 1.88 bits per heavy atom. The Bertz CT molecular complexity index is 273. The van der Waals surface area contributed by atoms with Crippen molar-refractivity contribution in [3.05, 3.63) is 18.0 Å². The van der Waals surface area contributed by atoms with Gasteiger partial charge in [0.25, 0.3) is 0 Å². The third-order valence-electron chi connectivity index (χ3n) is 2.52. The molecule has 7 heteroatoms. The molecule has 0 saturated carbocycles. The molecule has 1 N–H and O–H groups in total. The number of nitrogens with zero attached hydrogens (tertiary/aromatic N) is 3. The number of aryl methyl sites for hydroxylation is 1. The first-order valence-electron chi connectivity index (χ1n) is 4.76.